The number of rotatable bonds is 3. The molecule has 0 aliphatic carbocycles. The Balaban J connectivity index is 2.04. The van der Waals surface area contributed by atoms with Gasteiger partial charge in [-0.1, -0.05) is 11.6 Å². The third-order valence-corrected chi connectivity index (χ3v) is 3.16. The van der Waals surface area contributed by atoms with Crippen LogP contribution in [0.5, 0.6) is 0 Å². The van der Waals surface area contributed by atoms with Gasteiger partial charge in [-0.25, -0.2) is 9.37 Å². The Morgan fingerprint density at radius 1 is 1.24 bits per heavy atom. The van der Waals surface area contributed by atoms with E-state index in [4.69, 9.17) is 17.3 Å². The van der Waals surface area contributed by atoms with Gasteiger partial charge in [0, 0.05) is 16.3 Å². The Kier molecular flexibility index (Phi) is 3.81. The van der Waals surface area contributed by atoms with Gasteiger partial charge in [-0.2, -0.15) is 0 Å². The molecule has 0 atom stereocenters. The van der Waals surface area contributed by atoms with E-state index in [2.05, 4.69) is 9.97 Å². The van der Waals surface area contributed by atoms with Crippen molar-refractivity contribution in [3.63, 3.8) is 0 Å². The van der Waals surface area contributed by atoms with Crippen molar-refractivity contribution < 1.29 is 4.39 Å². The first-order valence-corrected chi connectivity index (χ1v) is 6.15. The number of nitrogens with two attached hydrogens (primary N) is 1. The van der Waals surface area contributed by atoms with Crippen LogP contribution in [-0.4, -0.2) is 9.97 Å². The predicted octanol–water partition coefficient (Wildman–Crippen LogP) is 3.14. The molecule has 2 N–H and O–H groups in total. The third-order valence-electron chi connectivity index (χ3n) is 1.95. The Morgan fingerprint density at radius 2 is 2.06 bits per heavy atom. The summed E-state index contributed by atoms with van der Waals surface area (Å²) in [5.41, 5.74) is 6.74. The molecule has 0 saturated carbocycles. The van der Waals surface area contributed by atoms with Crippen molar-refractivity contribution in [1.29, 1.82) is 0 Å². The van der Waals surface area contributed by atoms with Gasteiger partial charge < -0.3 is 5.73 Å². The maximum Gasteiger partial charge on any atom is 0.147 e. The van der Waals surface area contributed by atoms with E-state index in [0.29, 0.717) is 16.6 Å². The van der Waals surface area contributed by atoms with Crippen molar-refractivity contribution in [3.8, 4) is 0 Å². The molecule has 2 aromatic rings. The van der Waals surface area contributed by atoms with Gasteiger partial charge in [-0.05, 0) is 18.2 Å². The van der Waals surface area contributed by atoms with Gasteiger partial charge in [0.2, 0.25) is 0 Å². The van der Waals surface area contributed by atoms with Crippen LogP contribution in [0, 0.1) is 5.82 Å². The quantitative estimate of drug-likeness (QED) is 0.687. The summed E-state index contributed by atoms with van der Waals surface area (Å²) in [5.74, 6) is 0.252. The first-order chi connectivity index (χ1) is 8.13. The summed E-state index contributed by atoms with van der Waals surface area (Å²) in [6.45, 7) is 0. The zero-order valence-electron chi connectivity index (χ0n) is 8.73. The number of aromatic nitrogens is 2. The average molecular weight is 270 g/mol. The van der Waals surface area contributed by atoms with Crippen LogP contribution >= 0.6 is 23.4 Å². The molecular weight excluding hydrogens is 261 g/mol. The number of benzene rings is 1. The molecule has 1 aromatic carbocycles. The van der Waals surface area contributed by atoms with Gasteiger partial charge >= 0.3 is 0 Å². The topological polar surface area (TPSA) is 51.8 Å². The normalized spacial score (nSPS) is 10.5. The second kappa shape index (κ2) is 5.33. The van der Waals surface area contributed by atoms with Gasteiger partial charge in [-0.3, -0.25) is 4.98 Å². The summed E-state index contributed by atoms with van der Waals surface area (Å²) in [7, 11) is 0. The zero-order valence-corrected chi connectivity index (χ0v) is 10.3. The number of halogens is 2. The van der Waals surface area contributed by atoms with E-state index >= 15 is 0 Å². The number of thioether (sulfide) groups is 1. The Labute approximate surface area is 107 Å². The lowest BCUT2D eigenvalue weighted by Crippen LogP contribution is -1.90. The maximum absolute atomic E-state index is 13.1. The highest BCUT2D eigenvalue weighted by molar-refractivity contribution is 7.98. The van der Waals surface area contributed by atoms with Crippen LogP contribution < -0.4 is 5.73 Å². The maximum atomic E-state index is 13.1. The fraction of sp³-hybridized carbons (Fsp3) is 0.0909. The fourth-order valence-electron chi connectivity index (χ4n) is 1.24. The second-order valence-electron chi connectivity index (χ2n) is 3.34. The van der Waals surface area contributed by atoms with Crippen molar-refractivity contribution in [1.82, 2.24) is 9.97 Å². The van der Waals surface area contributed by atoms with Crippen LogP contribution in [-0.2, 0) is 5.75 Å². The summed E-state index contributed by atoms with van der Waals surface area (Å²) in [5, 5.41) is 0.355. The van der Waals surface area contributed by atoms with E-state index in [-0.39, 0.29) is 5.82 Å². The predicted molar refractivity (Wildman–Crippen MR) is 67.4 cm³/mol. The number of nitrogens with zero attached hydrogens (tertiary/aromatic N) is 2. The van der Waals surface area contributed by atoms with Crippen LogP contribution in [0.1, 0.15) is 5.69 Å². The minimum atomic E-state index is -0.338. The first kappa shape index (κ1) is 12.1. The largest absolute Gasteiger partial charge is 0.399 e. The van der Waals surface area contributed by atoms with E-state index in [1.165, 1.54) is 30.1 Å². The molecule has 0 unspecified atom stereocenters. The Bertz CT molecular complexity index is 498. The molecule has 3 nitrogen and oxygen atoms in total. The molecule has 6 heteroatoms. The molecule has 88 valence electrons. The fourth-order valence-corrected chi connectivity index (χ4v) is 2.22. The van der Waals surface area contributed by atoms with Gasteiger partial charge in [0.05, 0.1) is 18.1 Å². The summed E-state index contributed by atoms with van der Waals surface area (Å²) in [6, 6.07) is 4.44. The molecule has 0 aliphatic rings. The summed E-state index contributed by atoms with van der Waals surface area (Å²) < 4.78 is 13.1. The zero-order chi connectivity index (χ0) is 12.3. The lowest BCUT2D eigenvalue weighted by Gasteiger charge is -2.03. The van der Waals surface area contributed by atoms with E-state index in [1.54, 1.807) is 12.3 Å². The summed E-state index contributed by atoms with van der Waals surface area (Å²) >= 11 is 7.07. The number of hydrogen-bond acceptors (Lipinski definition) is 4. The Morgan fingerprint density at radius 3 is 2.71 bits per heavy atom. The smallest absolute Gasteiger partial charge is 0.147 e. The van der Waals surface area contributed by atoms with E-state index in [9.17, 15) is 4.39 Å². The molecule has 1 heterocycles. The lowest BCUT2D eigenvalue weighted by molar-refractivity contribution is 0.625. The van der Waals surface area contributed by atoms with Gasteiger partial charge in [0.15, 0.2) is 0 Å². The highest BCUT2D eigenvalue weighted by Crippen LogP contribution is 2.24. The van der Waals surface area contributed by atoms with Crippen molar-refractivity contribution >= 4 is 29.1 Å². The van der Waals surface area contributed by atoms with Crippen molar-refractivity contribution in [2.75, 3.05) is 5.73 Å². The summed E-state index contributed by atoms with van der Waals surface area (Å²) in [6.07, 6.45) is 3.08. The third kappa shape index (κ3) is 3.57. The molecule has 0 amide bonds. The highest BCUT2D eigenvalue weighted by atomic mass is 35.5. The monoisotopic (exact) mass is 269 g/mol. The highest BCUT2D eigenvalue weighted by Gasteiger charge is 2.01. The summed E-state index contributed by atoms with van der Waals surface area (Å²) in [4.78, 5) is 8.78. The average Bonchev–Trinajstić information content (AvgIpc) is 2.27. The van der Waals surface area contributed by atoms with Crippen LogP contribution in [0.2, 0.25) is 5.15 Å². The minimum Gasteiger partial charge on any atom is -0.399 e. The van der Waals surface area contributed by atoms with E-state index < -0.39 is 0 Å². The molecule has 0 bridgehead atoms. The van der Waals surface area contributed by atoms with Crippen molar-refractivity contribution in [2.45, 2.75) is 10.6 Å². The van der Waals surface area contributed by atoms with Crippen LogP contribution in [0.4, 0.5) is 10.1 Å². The van der Waals surface area contributed by atoms with Crippen molar-refractivity contribution in [2.24, 2.45) is 0 Å². The minimum absolute atomic E-state index is 0.338. The van der Waals surface area contributed by atoms with Gasteiger partial charge in [0.1, 0.15) is 11.0 Å². The standard InChI is InChI=1S/C11H9ClFN3S/c12-11-5-15-9(4-16-11)6-17-10-2-7(13)1-8(14)3-10/h1-5H,6,14H2. The van der Waals surface area contributed by atoms with Crippen molar-refractivity contribution in [3.05, 3.63) is 47.3 Å². The molecular formula is C11H9ClFN3S. The van der Waals surface area contributed by atoms with Crippen LogP contribution in [0.15, 0.2) is 35.5 Å². The second-order valence-corrected chi connectivity index (χ2v) is 4.78. The molecule has 0 spiro atoms. The number of anilines is 1. The number of nitrogen functional groups attached to an aromatic ring is 1. The molecule has 0 aliphatic heterocycles. The molecule has 0 radical (unpaired) electrons. The van der Waals surface area contributed by atoms with Gasteiger partial charge in [0.25, 0.3) is 0 Å². The lowest BCUT2D eigenvalue weighted by atomic mass is 10.3. The molecule has 1 aromatic heterocycles. The van der Waals surface area contributed by atoms with Crippen LogP contribution in [0.25, 0.3) is 0 Å². The van der Waals surface area contributed by atoms with Gasteiger partial charge in [-0.15, -0.1) is 11.8 Å². The van der Waals surface area contributed by atoms with Crippen LogP contribution in [0.3, 0.4) is 0 Å². The molecule has 0 saturated heterocycles. The SMILES string of the molecule is Nc1cc(F)cc(SCc2cnc(Cl)cn2)c1. The number of hydrogen-bond donors (Lipinski definition) is 1. The molecule has 0 fully saturated rings. The molecule has 2 rings (SSSR count). The van der Waals surface area contributed by atoms with E-state index in [1.807, 2.05) is 0 Å². The molecule has 17 heavy (non-hydrogen) atoms. The Hall–Kier alpha value is -1.33. The first-order valence-electron chi connectivity index (χ1n) is 4.79. The van der Waals surface area contributed by atoms with E-state index in [0.717, 1.165) is 10.6 Å².